The summed E-state index contributed by atoms with van der Waals surface area (Å²) in [6, 6.07) is 5.90. The average Bonchev–Trinajstić information content (AvgIpc) is 3.46. The highest BCUT2D eigenvalue weighted by molar-refractivity contribution is 7.08. The lowest BCUT2D eigenvalue weighted by Crippen LogP contribution is -2.31. The van der Waals surface area contributed by atoms with Crippen molar-refractivity contribution in [3.05, 3.63) is 69.2 Å². The summed E-state index contributed by atoms with van der Waals surface area (Å²) in [6.07, 6.45) is 4.43. The van der Waals surface area contributed by atoms with Crippen molar-refractivity contribution < 1.29 is 13.6 Å². The standard InChI is InChI=1S/C21H19F2N3OS/c22-16-7-6-14(11-17(16)23)26-19-4-1-3-15(19)20(24-26)21(27)25-9-2-5-18(25)13-8-10-28-12-13/h6-8,10-12,18H,1-5,9H2. The van der Waals surface area contributed by atoms with Crippen molar-refractivity contribution in [1.29, 1.82) is 0 Å². The fourth-order valence-corrected chi connectivity index (χ4v) is 5.10. The molecule has 0 saturated carbocycles. The lowest BCUT2D eigenvalue weighted by molar-refractivity contribution is 0.0728. The van der Waals surface area contributed by atoms with Gasteiger partial charge in [-0.3, -0.25) is 4.79 Å². The fourth-order valence-electron chi connectivity index (χ4n) is 4.40. The molecular formula is C21H19F2N3OS. The van der Waals surface area contributed by atoms with Gasteiger partial charge in [0.05, 0.1) is 11.7 Å². The number of benzene rings is 1. The Morgan fingerprint density at radius 2 is 2.04 bits per heavy atom. The Balaban J connectivity index is 1.54. The van der Waals surface area contributed by atoms with Crippen molar-refractivity contribution in [1.82, 2.24) is 14.7 Å². The van der Waals surface area contributed by atoms with Crippen LogP contribution in [0.2, 0.25) is 0 Å². The van der Waals surface area contributed by atoms with Crippen LogP contribution in [0.25, 0.3) is 5.69 Å². The van der Waals surface area contributed by atoms with Gasteiger partial charge in [-0.05, 0) is 66.6 Å². The van der Waals surface area contributed by atoms with Crippen LogP contribution in [0.15, 0.2) is 35.0 Å². The van der Waals surface area contributed by atoms with Gasteiger partial charge in [-0.2, -0.15) is 16.4 Å². The summed E-state index contributed by atoms with van der Waals surface area (Å²) in [4.78, 5) is 15.3. The number of nitrogens with zero attached hydrogens (tertiary/aromatic N) is 3. The van der Waals surface area contributed by atoms with E-state index in [1.807, 2.05) is 10.3 Å². The monoisotopic (exact) mass is 399 g/mol. The molecule has 144 valence electrons. The molecule has 1 amide bonds. The molecular weight excluding hydrogens is 380 g/mol. The molecule has 3 heterocycles. The van der Waals surface area contributed by atoms with Crippen molar-refractivity contribution in [2.24, 2.45) is 0 Å². The Kier molecular flexibility index (Phi) is 4.27. The highest BCUT2D eigenvalue weighted by Gasteiger charge is 2.35. The molecule has 4 nitrogen and oxygen atoms in total. The fraction of sp³-hybridized carbons (Fsp3) is 0.333. The van der Waals surface area contributed by atoms with Crippen molar-refractivity contribution in [2.45, 2.75) is 38.1 Å². The minimum absolute atomic E-state index is 0.0619. The maximum atomic E-state index is 13.7. The van der Waals surface area contributed by atoms with Gasteiger partial charge < -0.3 is 4.90 Å². The number of thiophene rings is 1. The van der Waals surface area contributed by atoms with Crippen molar-refractivity contribution in [2.75, 3.05) is 6.54 Å². The molecule has 3 aromatic rings. The van der Waals surface area contributed by atoms with E-state index in [0.29, 0.717) is 17.9 Å². The zero-order chi connectivity index (χ0) is 19.3. The topological polar surface area (TPSA) is 38.1 Å². The number of amides is 1. The zero-order valence-electron chi connectivity index (χ0n) is 15.2. The van der Waals surface area contributed by atoms with E-state index in [1.54, 1.807) is 16.0 Å². The first-order valence-electron chi connectivity index (χ1n) is 9.53. The normalized spacial score (nSPS) is 18.6. The van der Waals surface area contributed by atoms with Gasteiger partial charge >= 0.3 is 0 Å². The molecule has 1 saturated heterocycles. The summed E-state index contributed by atoms with van der Waals surface area (Å²) in [5.74, 6) is -1.86. The lowest BCUT2D eigenvalue weighted by atomic mass is 10.1. The molecule has 7 heteroatoms. The third-order valence-electron chi connectivity index (χ3n) is 5.72. The molecule has 1 aromatic carbocycles. The Morgan fingerprint density at radius 1 is 1.14 bits per heavy atom. The second-order valence-corrected chi connectivity index (χ2v) is 8.13. The van der Waals surface area contributed by atoms with Gasteiger partial charge in [-0.15, -0.1) is 0 Å². The quantitative estimate of drug-likeness (QED) is 0.642. The van der Waals surface area contributed by atoms with E-state index in [0.717, 1.165) is 55.5 Å². The Morgan fingerprint density at radius 3 is 2.82 bits per heavy atom. The number of aromatic nitrogens is 2. The van der Waals surface area contributed by atoms with Crippen LogP contribution in [0.3, 0.4) is 0 Å². The molecule has 1 aliphatic heterocycles. The smallest absolute Gasteiger partial charge is 0.275 e. The third-order valence-corrected chi connectivity index (χ3v) is 6.42. The SMILES string of the molecule is O=C(c1nn(-c2ccc(F)c(F)c2)c2c1CCC2)N1CCCC1c1ccsc1. The number of carbonyl (C=O) groups is 1. The Bertz CT molecular complexity index is 1040. The van der Waals surface area contributed by atoms with Crippen LogP contribution in [0, 0.1) is 11.6 Å². The Hall–Kier alpha value is -2.54. The predicted octanol–water partition coefficient (Wildman–Crippen LogP) is 4.68. The van der Waals surface area contributed by atoms with Gasteiger partial charge in [0.15, 0.2) is 17.3 Å². The highest BCUT2D eigenvalue weighted by atomic mass is 32.1. The minimum atomic E-state index is -0.912. The zero-order valence-corrected chi connectivity index (χ0v) is 16.0. The number of hydrogen-bond acceptors (Lipinski definition) is 3. The summed E-state index contributed by atoms with van der Waals surface area (Å²) < 4.78 is 28.7. The molecule has 1 unspecified atom stereocenters. The van der Waals surface area contributed by atoms with Crippen LogP contribution in [-0.2, 0) is 12.8 Å². The van der Waals surface area contributed by atoms with E-state index in [9.17, 15) is 13.6 Å². The molecule has 1 atom stereocenters. The maximum absolute atomic E-state index is 13.7. The van der Waals surface area contributed by atoms with E-state index in [4.69, 9.17) is 0 Å². The van der Waals surface area contributed by atoms with Gasteiger partial charge in [-0.1, -0.05) is 0 Å². The molecule has 0 radical (unpaired) electrons. The number of likely N-dealkylation sites (tertiary alicyclic amines) is 1. The van der Waals surface area contributed by atoms with Crippen LogP contribution >= 0.6 is 11.3 Å². The number of fused-ring (bicyclic) bond motifs is 1. The third kappa shape index (κ3) is 2.76. The van der Waals surface area contributed by atoms with Gasteiger partial charge in [0.25, 0.3) is 5.91 Å². The first-order chi connectivity index (χ1) is 13.6. The van der Waals surface area contributed by atoms with Gasteiger partial charge in [-0.25, -0.2) is 13.5 Å². The molecule has 1 aliphatic carbocycles. The summed E-state index contributed by atoms with van der Waals surface area (Å²) >= 11 is 1.64. The average molecular weight is 399 g/mol. The maximum Gasteiger partial charge on any atom is 0.275 e. The molecule has 5 rings (SSSR count). The van der Waals surface area contributed by atoms with E-state index in [-0.39, 0.29) is 11.9 Å². The summed E-state index contributed by atoms with van der Waals surface area (Å²) in [7, 11) is 0. The van der Waals surface area contributed by atoms with E-state index < -0.39 is 11.6 Å². The highest BCUT2D eigenvalue weighted by Crippen LogP contribution is 2.36. The summed E-state index contributed by atoms with van der Waals surface area (Å²) in [5, 5.41) is 8.70. The molecule has 0 bridgehead atoms. The van der Waals surface area contributed by atoms with Crippen LogP contribution in [0.1, 0.15) is 52.6 Å². The van der Waals surface area contributed by atoms with Gasteiger partial charge in [0, 0.05) is 23.9 Å². The van der Waals surface area contributed by atoms with E-state index >= 15 is 0 Å². The summed E-state index contributed by atoms with van der Waals surface area (Å²) in [5.41, 5.74) is 3.96. The van der Waals surface area contributed by atoms with Gasteiger partial charge in [0.2, 0.25) is 0 Å². The molecule has 0 spiro atoms. The second-order valence-electron chi connectivity index (χ2n) is 7.35. The molecule has 0 N–H and O–H groups in total. The van der Waals surface area contributed by atoms with Crippen molar-refractivity contribution >= 4 is 17.2 Å². The first-order valence-corrected chi connectivity index (χ1v) is 10.5. The molecule has 28 heavy (non-hydrogen) atoms. The lowest BCUT2D eigenvalue weighted by Gasteiger charge is -2.23. The van der Waals surface area contributed by atoms with Gasteiger partial charge in [0.1, 0.15) is 0 Å². The van der Waals surface area contributed by atoms with Crippen molar-refractivity contribution in [3.63, 3.8) is 0 Å². The van der Waals surface area contributed by atoms with Crippen LogP contribution < -0.4 is 0 Å². The molecule has 2 aliphatic rings. The number of hydrogen-bond donors (Lipinski definition) is 0. The largest absolute Gasteiger partial charge is 0.330 e. The Labute approximate surface area is 165 Å². The first kappa shape index (κ1) is 17.6. The number of rotatable bonds is 3. The molecule has 1 fully saturated rings. The van der Waals surface area contributed by atoms with Crippen molar-refractivity contribution in [3.8, 4) is 5.69 Å². The van der Waals surface area contributed by atoms with Crippen LogP contribution in [0.5, 0.6) is 0 Å². The van der Waals surface area contributed by atoms with Crippen LogP contribution in [0.4, 0.5) is 8.78 Å². The molecule has 2 aromatic heterocycles. The van der Waals surface area contributed by atoms with E-state index in [2.05, 4.69) is 16.5 Å². The predicted molar refractivity (Wildman–Crippen MR) is 103 cm³/mol. The van der Waals surface area contributed by atoms with E-state index in [1.165, 1.54) is 11.6 Å². The summed E-state index contributed by atoms with van der Waals surface area (Å²) in [6.45, 7) is 0.714. The number of carbonyl (C=O) groups excluding carboxylic acids is 1. The van der Waals surface area contributed by atoms with Crippen LogP contribution in [-0.4, -0.2) is 27.1 Å². The number of halogens is 2. The second kappa shape index (κ2) is 6.81. The minimum Gasteiger partial charge on any atom is -0.330 e.